The normalized spacial score (nSPS) is 14.4. The highest BCUT2D eigenvalue weighted by Crippen LogP contribution is 2.27. The highest BCUT2D eigenvalue weighted by atomic mass is 16.6. The number of hydrogen-bond donors (Lipinski definition) is 8. The number of ether oxygens (including phenoxy) is 5. The molecule has 0 bridgehead atoms. The van der Waals surface area contributed by atoms with Gasteiger partial charge in [0.2, 0.25) is 0 Å². The van der Waals surface area contributed by atoms with Crippen molar-refractivity contribution < 1.29 is 63.3 Å². The Morgan fingerprint density at radius 2 is 0.927 bits per heavy atom. The Labute approximate surface area is 325 Å². The second kappa shape index (κ2) is 29.5. The summed E-state index contributed by atoms with van der Waals surface area (Å²) in [7, 11) is 0. The minimum absolute atomic E-state index is 0.168. The van der Waals surface area contributed by atoms with Crippen molar-refractivity contribution in [1.29, 1.82) is 0 Å². The van der Waals surface area contributed by atoms with E-state index in [1.807, 2.05) is 41.5 Å². The smallest absolute Gasteiger partial charge is 0.407 e. The fraction of sp³-hybridized carbons (Fsp3) is 0.684. The second-order valence-electron chi connectivity index (χ2n) is 14.8. The van der Waals surface area contributed by atoms with E-state index < -0.39 is 36.6 Å². The Morgan fingerprint density at radius 1 is 0.564 bits per heavy atom. The van der Waals surface area contributed by atoms with Crippen LogP contribution in [0.4, 0.5) is 19.2 Å². The molecule has 4 atom stereocenters. The molecule has 0 radical (unpaired) electrons. The molecule has 0 aliphatic heterocycles. The van der Waals surface area contributed by atoms with Crippen LogP contribution in [0.3, 0.4) is 0 Å². The average molecular weight is 787 g/mol. The van der Waals surface area contributed by atoms with Crippen LogP contribution in [0.25, 0.3) is 0 Å². The van der Waals surface area contributed by atoms with Crippen molar-refractivity contribution in [2.75, 3.05) is 52.6 Å². The first-order chi connectivity index (χ1) is 26.1. The van der Waals surface area contributed by atoms with E-state index in [2.05, 4.69) is 21.3 Å². The molecule has 0 aliphatic rings. The van der Waals surface area contributed by atoms with Crippen LogP contribution in [-0.4, -0.2) is 110 Å². The monoisotopic (exact) mass is 786 g/mol. The molecule has 316 valence electrons. The fourth-order valence-electron chi connectivity index (χ4n) is 5.50. The van der Waals surface area contributed by atoms with Crippen molar-refractivity contribution in [2.24, 2.45) is 22.7 Å². The molecule has 17 heteroatoms. The molecule has 4 amide bonds. The Kier molecular flexibility index (Phi) is 27.0. The van der Waals surface area contributed by atoms with E-state index in [1.165, 1.54) is 24.3 Å². The van der Waals surface area contributed by atoms with E-state index in [4.69, 9.17) is 33.9 Å². The standard InChI is InChI=1S/C38H66N4O13/c1-29(11-15-39-33(47)51-21-9-7-17-43)23-37(3,4)27-41-35(49)53-25-31(13-19-45)55-32(14-20-46)26-54-36(50)42-28-38(5,6)24-30(2)12-16-40-34(48)52-22-10-8-18-44/h7-8,13-14,17-20,29-32,43-46H,9-12,15-16,21-28H2,1-6H3,(H,39,47)(H,40,48)(H,41,49)(H,42,50). The maximum atomic E-state index is 12.5. The largest absolute Gasteiger partial charge is 0.516 e. The van der Waals surface area contributed by atoms with Gasteiger partial charge in [0, 0.05) is 39.0 Å². The first-order valence-corrected chi connectivity index (χ1v) is 18.5. The van der Waals surface area contributed by atoms with Gasteiger partial charge in [0.25, 0.3) is 0 Å². The molecule has 0 aromatic rings. The van der Waals surface area contributed by atoms with Gasteiger partial charge in [-0.15, -0.1) is 0 Å². The topological polar surface area (TPSA) is 243 Å². The second-order valence-corrected chi connectivity index (χ2v) is 14.8. The van der Waals surface area contributed by atoms with Crippen LogP contribution in [0.2, 0.25) is 0 Å². The molecule has 0 saturated carbocycles. The Bertz CT molecular complexity index is 1120. The molecule has 4 unspecified atom stereocenters. The van der Waals surface area contributed by atoms with Gasteiger partial charge in [-0.1, -0.05) is 41.5 Å². The van der Waals surface area contributed by atoms with Crippen LogP contribution in [0.15, 0.2) is 49.4 Å². The van der Waals surface area contributed by atoms with Crippen molar-refractivity contribution in [2.45, 2.75) is 92.3 Å². The summed E-state index contributed by atoms with van der Waals surface area (Å²) in [6, 6.07) is 0. The third kappa shape index (κ3) is 29.3. The van der Waals surface area contributed by atoms with Crippen molar-refractivity contribution in [3.8, 4) is 0 Å². The third-order valence-corrected chi connectivity index (χ3v) is 7.99. The summed E-state index contributed by atoms with van der Waals surface area (Å²) in [5.74, 6) is 0.444. The summed E-state index contributed by atoms with van der Waals surface area (Å²) >= 11 is 0. The molecule has 0 heterocycles. The number of hydrogen-bond acceptors (Lipinski definition) is 13. The number of amides is 4. The Hall–Kier alpha value is -4.80. The van der Waals surface area contributed by atoms with Gasteiger partial charge in [-0.3, -0.25) is 0 Å². The van der Waals surface area contributed by atoms with E-state index in [1.54, 1.807) is 0 Å². The van der Waals surface area contributed by atoms with Crippen molar-refractivity contribution >= 4 is 24.4 Å². The molecule has 0 aromatic carbocycles. The fourth-order valence-corrected chi connectivity index (χ4v) is 5.50. The van der Waals surface area contributed by atoms with Crippen molar-refractivity contribution in [3.63, 3.8) is 0 Å². The van der Waals surface area contributed by atoms with Crippen LogP contribution in [0.1, 0.15) is 80.1 Å². The first-order valence-electron chi connectivity index (χ1n) is 18.5. The van der Waals surface area contributed by atoms with E-state index in [-0.39, 0.29) is 49.1 Å². The maximum Gasteiger partial charge on any atom is 0.407 e. The molecular weight excluding hydrogens is 720 g/mol. The zero-order valence-electron chi connectivity index (χ0n) is 33.3. The van der Waals surface area contributed by atoms with Gasteiger partial charge in [-0.25, -0.2) is 19.2 Å². The number of nitrogens with one attached hydrogen (secondary N) is 4. The first kappa shape index (κ1) is 50.2. The SMILES string of the molecule is CC(CCNC(=O)OCCC=CO)CC(C)(C)CNC(=O)OCC(C=CO)OC(C=CO)COC(=O)NCC(C)(C)CC(C)CCNC(=O)OCCC=CO. The molecule has 55 heavy (non-hydrogen) atoms. The lowest BCUT2D eigenvalue weighted by molar-refractivity contribution is -0.0244. The van der Waals surface area contributed by atoms with Gasteiger partial charge in [0.15, 0.2) is 0 Å². The van der Waals surface area contributed by atoms with Crippen LogP contribution in [0, 0.1) is 22.7 Å². The third-order valence-electron chi connectivity index (χ3n) is 7.99. The average Bonchev–Trinajstić information content (AvgIpc) is 3.11. The van der Waals surface area contributed by atoms with Crippen LogP contribution >= 0.6 is 0 Å². The molecule has 0 rings (SSSR count). The minimum Gasteiger partial charge on any atom is -0.516 e. The lowest BCUT2D eigenvalue weighted by Gasteiger charge is -2.28. The number of carbonyl (C=O) groups excluding carboxylic acids is 4. The van der Waals surface area contributed by atoms with Gasteiger partial charge >= 0.3 is 24.4 Å². The van der Waals surface area contributed by atoms with E-state index in [9.17, 15) is 29.4 Å². The molecule has 0 saturated heterocycles. The number of aliphatic hydroxyl groups excluding tert-OH is 4. The Morgan fingerprint density at radius 3 is 1.27 bits per heavy atom. The predicted molar refractivity (Wildman–Crippen MR) is 207 cm³/mol. The zero-order chi connectivity index (χ0) is 41.5. The van der Waals surface area contributed by atoms with E-state index >= 15 is 0 Å². The number of aliphatic hydroxyl groups is 4. The summed E-state index contributed by atoms with van der Waals surface area (Å²) in [6.07, 6.45) is 8.10. The molecule has 0 spiro atoms. The van der Waals surface area contributed by atoms with Crippen LogP contribution < -0.4 is 21.3 Å². The van der Waals surface area contributed by atoms with Crippen LogP contribution in [-0.2, 0) is 23.7 Å². The summed E-state index contributed by atoms with van der Waals surface area (Å²) in [4.78, 5) is 48.5. The molecular formula is C38H66N4O13. The summed E-state index contributed by atoms with van der Waals surface area (Å²) in [5, 5.41) is 46.8. The predicted octanol–water partition coefficient (Wildman–Crippen LogP) is 6.60. The lowest BCUT2D eigenvalue weighted by Crippen LogP contribution is -2.38. The van der Waals surface area contributed by atoms with E-state index in [0.717, 1.165) is 37.9 Å². The molecule has 0 aromatic heterocycles. The van der Waals surface area contributed by atoms with E-state index in [0.29, 0.717) is 51.9 Å². The lowest BCUT2D eigenvalue weighted by atomic mass is 9.82. The Balaban J connectivity index is 4.64. The van der Waals surface area contributed by atoms with Crippen LogP contribution in [0.5, 0.6) is 0 Å². The van der Waals surface area contributed by atoms with Gasteiger partial charge in [0.1, 0.15) is 25.4 Å². The summed E-state index contributed by atoms with van der Waals surface area (Å²) < 4.78 is 26.4. The number of carbonyl (C=O) groups is 4. The molecule has 8 N–H and O–H groups in total. The van der Waals surface area contributed by atoms with Crippen molar-refractivity contribution in [1.82, 2.24) is 21.3 Å². The molecule has 17 nitrogen and oxygen atoms in total. The highest BCUT2D eigenvalue weighted by molar-refractivity contribution is 5.68. The maximum absolute atomic E-state index is 12.5. The van der Waals surface area contributed by atoms with Gasteiger partial charge in [-0.2, -0.15) is 0 Å². The van der Waals surface area contributed by atoms with Crippen molar-refractivity contribution in [3.05, 3.63) is 49.4 Å². The van der Waals surface area contributed by atoms with Gasteiger partial charge in [-0.05, 0) is 72.7 Å². The molecule has 0 aliphatic carbocycles. The van der Waals surface area contributed by atoms with Gasteiger partial charge < -0.3 is 65.4 Å². The highest BCUT2D eigenvalue weighted by Gasteiger charge is 2.25. The number of rotatable bonds is 28. The summed E-state index contributed by atoms with van der Waals surface area (Å²) in [6.45, 7) is 13.3. The zero-order valence-corrected chi connectivity index (χ0v) is 33.3. The van der Waals surface area contributed by atoms with Gasteiger partial charge in [0.05, 0.1) is 38.3 Å². The quantitative estimate of drug-likeness (QED) is 0.0237. The minimum atomic E-state index is -0.942. The summed E-state index contributed by atoms with van der Waals surface area (Å²) in [5.41, 5.74) is -0.596. The molecule has 0 fully saturated rings. The number of alkyl carbamates (subject to hydrolysis) is 4.